The second-order valence-electron chi connectivity index (χ2n) is 17.0. The van der Waals surface area contributed by atoms with Crippen LogP contribution in [0.15, 0.2) is 120 Å². The van der Waals surface area contributed by atoms with Crippen molar-refractivity contribution in [2.24, 2.45) is 0 Å². The van der Waals surface area contributed by atoms with E-state index in [0.29, 0.717) is 13.1 Å². The number of esters is 1. The number of hydrogen-bond acceptors (Lipinski definition) is 10. The lowest BCUT2D eigenvalue weighted by atomic mass is 9.76. The van der Waals surface area contributed by atoms with Gasteiger partial charge in [-0.05, 0) is 105 Å². The zero-order valence-corrected chi connectivity index (χ0v) is 37.0. The number of hydrogen-bond donors (Lipinski definition) is 2. The van der Waals surface area contributed by atoms with Gasteiger partial charge < -0.3 is 29.0 Å². The lowest BCUT2D eigenvalue weighted by molar-refractivity contribution is 0.0512. The molecule has 0 atom stereocenters. The maximum Gasteiger partial charge on any atom is 0.363 e. The Hall–Kier alpha value is -7.29. The van der Waals surface area contributed by atoms with Gasteiger partial charge in [-0.25, -0.2) is 9.78 Å². The summed E-state index contributed by atoms with van der Waals surface area (Å²) in [6.07, 6.45) is 18.7. The smallest absolute Gasteiger partial charge is 0.363 e. The van der Waals surface area contributed by atoms with Crippen LogP contribution in [0.5, 0.6) is 11.5 Å². The molecule has 0 unspecified atom stereocenters. The first kappa shape index (κ1) is 44.3. The highest BCUT2D eigenvalue weighted by molar-refractivity contribution is 5.92. The monoisotopic (exact) mass is 878 g/mol. The van der Waals surface area contributed by atoms with Crippen LogP contribution in [0.4, 0.5) is 0 Å². The number of amides is 1. The normalized spacial score (nSPS) is 14.9. The minimum atomic E-state index is -0.766. The molecule has 2 fully saturated rings. The van der Waals surface area contributed by atoms with E-state index in [2.05, 4.69) is 79.8 Å². The highest BCUT2D eigenvalue weighted by atomic mass is 16.5. The van der Waals surface area contributed by atoms with E-state index in [1.165, 1.54) is 28.9 Å². The highest BCUT2D eigenvalue weighted by Gasteiger charge is 2.41. The Morgan fingerprint density at radius 2 is 1.55 bits per heavy atom. The number of carbonyl (C=O) groups is 2. The van der Waals surface area contributed by atoms with Crippen LogP contribution in [0.25, 0.3) is 21.9 Å². The van der Waals surface area contributed by atoms with Crippen LogP contribution in [-0.4, -0.2) is 64.3 Å². The second-order valence-corrected chi connectivity index (χ2v) is 17.0. The molecular formula is C50H54N8O7. The van der Waals surface area contributed by atoms with Gasteiger partial charge in [-0.1, -0.05) is 55.3 Å². The molecule has 9 rings (SSSR count). The maximum absolute atomic E-state index is 13.2. The minimum Gasteiger partial charge on any atom is -0.503 e. The Bertz CT molecular complexity index is 2990. The molecule has 2 aromatic carbocycles. The molecule has 336 valence electrons. The molecule has 15 nitrogen and oxygen atoms in total. The molecule has 0 spiro atoms. The van der Waals surface area contributed by atoms with Crippen LogP contribution in [-0.2, 0) is 41.9 Å². The van der Waals surface area contributed by atoms with E-state index in [9.17, 15) is 24.3 Å². The molecule has 2 aliphatic rings. The Balaban J connectivity index is 0.000000188. The predicted octanol–water partition coefficient (Wildman–Crippen LogP) is 7.20. The van der Waals surface area contributed by atoms with Crippen molar-refractivity contribution in [2.45, 2.75) is 96.0 Å². The van der Waals surface area contributed by atoms with Crippen molar-refractivity contribution in [3.63, 3.8) is 0 Å². The Morgan fingerprint density at radius 1 is 0.846 bits per heavy atom. The van der Waals surface area contributed by atoms with Gasteiger partial charge in [0.25, 0.3) is 16.8 Å². The summed E-state index contributed by atoms with van der Waals surface area (Å²) in [5, 5.41) is 23.3. The molecule has 2 saturated carbocycles. The maximum atomic E-state index is 13.2. The topological polar surface area (TPSA) is 177 Å². The number of nitrogens with one attached hydrogen (secondary N) is 1. The standard InChI is InChI=1S/C31H33N3O4.C19H21N5O3/c1-3-10-23-13-14-26-25(19-23)15-18-34(26)31(16-8-9-17-31)22-33-20-27(38-21-24-11-6-5-7-12-24)29(35)28(32-33)30(36)37-4-2;1-12-9-24(17-13(12)5-3-8-21-17)19(6-4-7-19)11-23-10-14(25)16(26)15(22-23)18(27)20-2/h3,5-7,11-15,18-20H,1,4,8-10,16-17,21-22H2,2H3;3,5,8-10,25H,4,6-7,11H2,1-2H3,(H,20,27). The number of pyridine rings is 1. The third-order valence-corrected chi connectivity index (χ3v) is 12.7. The number of carbonyl (C=O) groups excluding carboxylic acids is 2. The molecule has 2 aliphatic carbocycles. The van der Waals surface area contributed by atoms with Crippen molar-refractivity contribution in [1.82, 2.24) is 39.0 Å². The van der Waals surface area contributed by atoms with E-state index >= 15 is 0 Å². The number of allylic oxidation sites excluding steroid dienone is 1. The molecule has 0 saturated heterocycles. The number of aryl methyl sites for hydroxylation is 1. The summed E-state index contributed by atoms with van der Waals surface area (Å²) in [5.74, 6) is -1.74. The minimum absolute atomic E-state index is 0.0893. The van der Waals surface area contributed by atoms with Crippen molar-refractivity contribution >= 4 is 33.8 Å². The Morgan fingerprint density at radius 3 is 2.25 bits per heavy atom. The fraction of sp³-hybridized carbons (Fsp3) is 0.340. The van der Waals surface area contributed by atoms with E-state index in [0.717, 1.165) is 79.0 Å². The van der Waals surface area contributed by atoms with E-state index in [1.807, 2.05) is 48.5 Å². The fourth-order valence-electron chi connectivity index (χ4n) is 9.29. The molecule has 5 heterocycles. The number of fused-ring (bicyclic) bond motifs is 2. The van der Waals surface area contributed by atoms with Gasteiger partial charge in [0.05, 0.1) is 43.2 Å². The lowest BCUT2D eigenvalue weighted by Gasteiger charge is -2.43. The Kier molecular flexibility index (Phi) is 12.8. The highest BCUT2D eigenvalue weighted by Crippen LogP contribution is 2.43. The van der Waals surface area contributed by atoms with Gasteiger partial charge >= 0.3 is 5.97 Å². The van der Waals surface area contributed by atoms with Crippen LogP contribution >= 0.6 is 0 Å². The molecule has 0 radical (unpaired) electrons. The van der Waals surface area contributed by atoms with Crippen LogP contribution in [0.1, 0.15) is 89.5 Å². The molecule has 5 aromatic heterocycles. The van der Waals surface area contributed by atoms with Crippen molar-refractivity contribution in [2.75, 3.05) is 13.7 Å². The lowest BCUT2D eigenvalue weighted by Crippen LogP contribution is -2.45. The zero-order valence-electron chi connectivity index (χ0n) is 37.0. The summed E-state index contributed by atoms with van der Waals surface area (Å²) in [6.45, 7) is 8.92. The Labute approximate surface area is 376 Å². The molecule has 65 heavy (non-hydrogen) atoms. The molecule has 0 aliphatic heterocycles. The summed E-state index contributed by atoms with van der Waals surface area (Å²) in [4.78, 5) is 54.3. The average Bonchev–Trinajstić information content (AvgIpc) is 4.04. The summed E-state index contributed by atoms with van der Waals surface area (Å²) < 4.78 is 18.8. The largest absolute Gasteiger partial charge is 0.503 e. The van der Waals surface area contributed by atoms with Crippen molar-refractivity contribution in [3.05, 3.63) is 159 Å². The number of aromatic hydroxyl groups is 1. The van der Waals surface area contributed by atoms with Gasteiger partial charge in [0.15, 0.2) is 17.2 Å². The van der Waals surface area contributed by atoms with Crippen LogP contribution in [0, 0.1) is 6.92 Å². The van der Waals surface area contributed by atoms with E-state index in [4.69, 9.17) is 9.47 Å². The van der Waals surface area contributed by atoms with Gasteiger partial charge in [-0.2, -0.15) is 10.2 Å². The number of nitrogens with zero attached hydrogens (tertiary/aromatic N) is 7. The quantitative estimate of drug-likeness (QED) is 0.0839. The molecule has 1 amide bonds. The van der Waals surface area contributed by atoms with E-state index in [1.54, 1.807) is 24.0 Å². The van der Waals surface area contributed by atoms with E-state index in [-0.39, 0.29) is 41.4 Å². The van der Waals surface area contributed by atoms with Gasteiger partial charge in [-0.3, -0.25) is 23.7 Å². The summed E-state index contributed by atoms with van der Waals surface area (Å²) in [6, 6.07) is 22.3. The third kappa shape index (κ3) is 8.95. The number of benzene rings is 2. The van der Waals surface area contributed by atoms with Gasteiger partial charge in [0.2, 0.25) is 5.69 Å². The molecule has 7 aromatic rings. The van der Waals surface area contributed by atoms with Crippen molar-refractivity contribution in [1.29, 1.82) is 0 Å². The van der Waals surface area contributed by atoms with Gasteiger partial charge in [0.1, 0.15) is 12.3 Å². The number of aromatic nitrogens is 7. The summed E-state index contributed by atoms with van der Waals surface area (Å²) >= 11 is 0. The summed E-state index contributed by atoms with van der Waals surface area (Å²) in [7, 11) is 1.42. The first-order valence-corrected chi connectivity index (χ1v) is 22.1. The number of rotatable bonds is 14. The van der Waals surface area contributed by atoms with Gasteiger partial charge in [0, 0.05) is 36.5 Å². The van der Waals surface area contributed by atoms with Crippen molar-refractivity contribution in [3.8, 4) is 11.5 Å². The molecular weight excluding hydrogens is 825 g/mol. The van der Waals surface area contributed by atoms with Crippen LogP contribution < -0.4 is 20.9 Å². The van der Waals surface area contributed by atoms with Gasteiger partial charge in [-0.15, -0.1) is 6.58 Å². The van der Waals surface area contributed by atoms with Crippen LogP contribution in [0.3, 0.4) is 0 Å². The SMILES string of the molecule is C=CCc1ccc2c(ccn2C2(Cn3cc(OCc4ccccc4)c(=O)c(C(=O)OCC)n3)CCCC2)c1.CNC(=O)c1nn(CC2(n3cc(C)c4cccnc43)CCC2)cc(O)c1=O. The fourth-order valence-corrected chi connectivity index (χ4v) is 9.29. The zero-order chi connectivity index (χ0) is 45.7. The molecule has 15 heteroatoms. The predicted molar refractivity (Wildman–Crippen MR) is 247 cm³/mol. The average molecular weight is 879 g/mol. The van der Waals surface area contributed by atoms with Crippen LogP contribution in [0.2, 0.25) is 0 Å². The third-order valence-electron chi connectivity index (χ3n) is 12.7. The summed E-state index contributed by atoms with van der Waals surface area (Å²) in [5.41, 5.74) is 2.98. The number of ether oxygens (including phenoxy) is 2. The first-order chi connectivity index (χ1) is 31.5. The van der Waals surface area contributed by atoms with Crippen molar-refractivity contribution < 1.29 is 24.2 Å². The first-order valence-electron chi connectivity index (χ1n) is 22.1. The molecule has 0 bridgehead atoms. The second kappa shape index (κ2) is 18.8. The molecule has 2 N–H and O–H groups in total. The van der Waals surface area contributed by atoms with E-state index < -0.39 is 28.5 Å².